The molecule has 10 heteroatoms. The molecule has 3 rings (SSSR count). The highest BCUT2D eigenvalue weighted by Crippen LogP contribution is 2.25. The van der Waals surface area contributed by atoms with Crippen molar-refractivity contribution in [2.24, 2.45) is 0 Å². The van der Waals surface area contributed by atoms with Gasteiger partial charge in [0.2, 0.25) is 11.8 Å². The van der Waals surface area contributed by atoms with Gasteiger partial charge < -0.3 is 10.2 Å². The fraction of sp³-hybridized carbons (Fsp3) is 0.310. The number of carbonyl (C=O) groups excluding carboxylic acids is 2. The molecule has 0 fully saturated rings. The van der Waals surface area contributed by atoms with Crippen LogP contribution in [-0.4, -0.2) is 44.3 Å². The zero-order chi connectivity index (χ0) is 28.4. The minimum atomic E-state index is -4.14. The van der Waals surface area contributed by atoms with Gasteiger partial charge in [-0.3, -0.25) is 13.9 Å². The molecule has 0 bridgehead atoms. The molecule has 2 amide bonds. The van der Waals surface area contributed by atoms with Crippen LogP contribution in [0.2, 0.25) is 10.0 Å². The number of anilines is 1. The zero-order valence-corrected chi connectivity index (χ0v) is 24.3. The maximum Gasteiger partial charge on any atom is 0.264 e. The standard InChI is InChI=1S/C29H33Cl2N3O4S/c1-3-5-19-32-29(36)27(4-2)33(20-22-11-13-23(30)14-12-22)28(35)21-34(25-9-7-6-8-10-25)39(37,38)26-17-15-24(31)16-18-26/h6-18,27H,3-5,19-21H2,1-2H3,(H,32,36). The van der Waals surface area contributed by atoms with Crippen molar-refractivity contribution >= 4 is 50.7 Å². The lowest BCUT2D eigenvalue weighted by Crippen LogP contribution is -2.52. The fourth-order valence-corrected chi connectivity index (χ4v) is 5.74. The summed E-state index contributed by atoms with van der Waals surface area (Å²) in [4.78, 5) is 28.6. The Hall–Kier alpha value is -3.07. The Morgan fingerprint density at radius 2 is 1.46 bits per heavy atom. The van der Waals surface area contributed by atoms with Gasteiger partial charge in [0, 0.05) is 23.1 Å². The lowest BCUT2D eigenvalue weighted by Gasteiger charge is -2.33. The third-order valence-electron chi connectivity index (χ3n) is 6.21. The van der Waals surface area contributed by atoms with Gasteiger partial charge in [-0.15, -0.1) is 0 Å². The summed E-state index contributed by atoms with van der Waals surface area (Å²) in [5.74, 6) is -0.788. The monoisotopic (exact) mass is 589 g/mol. The summed E-state index contributed by atoms with van der Waals surface area (Å²) in [7, 11) is -4.14. The second-order valence-corrected chi connectivity index (χ2v) is 11.8. The first-order chi connectivity index (χ1) is 18.7. The molecule has 0 aliphatic carbocycles. The summed E-state index contributed by atoms with van der Waals surface area (Å²) in [5, 5.41) is 3.85. The summed E-state index contributed by atoms with van der Waals surface area (Å²) in [6, 6.07) is 20.4. The molecule has 1 unspecified atom stereocenters. The molecular formula is C29H33Cl2N3O4S. The Kier molecular flexibility index (Phi) is 11.2. The van der Waals surface area contributed by atoms with Crippen LogP contribution in [-0.2, 0) is 26.2 Å². The van der Waals surface area contributed by atoms with Crippen LogP contribution < -0.4 is 9.62 Å². The maximum absolute atomic E-state index is 14.0. The van der Waals surface area contributed by atoms with E-state index in [0.717, 1.165) is 22.7 Å². The molecule has 0 spiro atoms. The number of hydrogen-bond acceptors (Lipinski definition) is 4. The molecule has 1 N–H and O–H groups in total. The summed E-state index contributed by atoms with van der Waals surface area (Å²) >= 11 is 12.0. The quantitative estimate of drug-likeness (QED) is 0.251. The van der Waals surface area contributed by atoms with Crippen molar-refractivity contribution in [2.75, 3.05) is 17.4 Å². The highest BCUT2D eigenvalue weighted by molar-refractivity contribution is 7.92. The van der Waals surface area contributed by atoms with Crippen LogP contribution in [0.1, 0.15) is 38.7 Å². The van der Waals surface area contributed by atoms with Gasteiger partial charge >= 0.3 is 0 Å². The normalized spacial score (nSPS) is 12.0. The number of nitrogens with zero attached hydrogens (tertiary/aromatic N) is 2. The van der Waals surface area contributed by atoms with Gasteiger partial charge in [0.15, 0.2) is 0 Å². The Bertz CT molecular complexity index is 1340. The van der Waals surface area contributed by atoms with Crippen LogP contribution >= 0.6 is 23.2 Å². The van der Waals surface area contributed by atoms with Gasteiger partial charge in [0.1, 0.15) is 12.6 Å². The lowest BCUT2D eigenvalue weighted by atomic mass is 10.1. The fourth-order valence-electron chi connectivity index (χ4n) is 4.07. The summed E-state index contributed by atoms with van der Waals surface area (Å²) < 4.78 is 28.6. The highest BCUT2D eigenvalue weighted by Gasteiger charge is 2.33. The number of amides is 2. The topological polar surface area (TPSA) is 86.8 Å². The SMILES string of the molecule is CCCCNC(=O)C(CC)N(Cc1ccc(Cl)cc1)C(=O)CN(c1ccccc1)S(=O)(=O)c1ccc(Cl)cc1. The van der Waals surface area contributed by atoms with E-state index in [1.165, 1.54) is 29.2 Å². The van der Waals surface area contributed by atoms with Crippen LogP contribution in [0.4, 0.5) is 5.69 Å². The van der Waals surface area contributed by atoms with E-state index in [1.807, 2.05) is 13.8 Å². The van der Waals surface area contributed by atoms with E-state index in [0.29, 0.717) is 28.7 Å². The van der Waals surface area contributed by atoms with Crippen LogP contribution in [0.3, 0.4) is 0 Å². The molecule has 3 aromatic rings. The molecule has 0 heterocycles. The molecule has 208 valence electrons. The van der Waals surface area contributed by atoms with Gasteiger partial charge in [0.05, 0.1) is 10.6 Å². The van der Waals surface area contributed by atoms with Crippen molar-refractivity contribution in [3.63, 3.8) is 0 Å². The predicted molar refractivity (Wildman–Crippen MR) is 156 cm³/mol. The number of unbranched alkanes of at least 4 members (excludes halogenated alkanes) is 1. The summed E-state index contributed by atoms with van der Waals surface area (Å²) in [6.07, 6.45) is 2.08. The van der Waals surface area contributed by atoms with Crippen molar-refractivity contribution in [2.45, 2.75) is 50.6 Å². The Morgan fingerprint density at radius 1 is 0.872 bits per heavy atom. The van der Waals surface area contributed by atoms with Crippen molar-refractivity contribution < 1.29 is 18.0 Å². The summed E-state index contributed by atoms with van der Waals surface area (Å²) in [5.41, 5.74) is 1.09. The molecule has 3 aromatic carbocycles. The average Bonchev–Trinajstić information content (AvgIpc) is 2.93. The molecule has 1 atom stereocenters. The molecule has 0 saturated carbocycles. The van der Waals surface area contributed by atoms with Crippen LogP contribution in [0.5, 0.6) is 0 Å². The number of halogens is 2. The third-order valence-corrected chi connectivity index (χ3v) is 8.50. The van der Waals surface area contributed by atoms with Gasteiger partial charge in [0.25, 0.3) is 10.0 Å². The minimum Gasteiger partial charge on any atom is -0.354 e. The van der Waals surface area contributed by atoms with Gasteiger partial charge in [-0.2, -0.15) is 0 Å². The van der Waals surface area contributed by atoms with E-state index >= 15 is 0 Å². The smallest absolute Gasteiger partial charge is 0.264 e. The van der Waals surface area contributed by atoms with Gasteiger partial charge in [-0.1, -0.05) is 73.8 Å². The second kappa shape index (κ2) is 14.4. The first-order valence-electron chi connectivity index (χ1n) is 12.8. The third kappa shape index (κ3) is 8.21. The number of para-hydroxylation sites is 1. The average molecular weight is 591 g/mol. The van der Waals surface area contributed by atoms with E-state index in [4.69, 9.17) is 23.2 Å². The Morgan fingerprint density at radius 3 is 2.03 bits per heavy atom. The second-order valence-electron chi connectivity index (χ2n) is 9.02. The predicted octanol–water partition coefficient (Wildman–Crippen LogP) is 5.91. The number of hydrogen-bond donors (Lipinski definition) is 1. The number of benzene rings is 3. The Labute approximate surface area is 240 Å². The molecule has 0 aliphatic rings. The van der Waals surface area contributed by atoms with E-state index in [9.17, 15) is 18.0 Å². The maximum atomic E-state index is 14.0. The minimum absolute atomic E-state index is 0.00263. The van der Waals surface area contributed by atoms with Crippen molar-refractivity contribution in [1.29, 1.82) is 0 Å². The van der Waals surface area contributed by atoms with Crippen LogP contribution in [0, 0.1) is 0 Å². The number of rotatable bonds is 13. The van der Waals surface area contributed by atoms with Crippen molar-refractivity contribution in [3.05, 3.63) is 94.5 Å². The zero-order valence-electron chi connectivity index (χ0n) is 22.0. The van der Waals surface area contributed by atoms with Gasteiger partial charge in [-0.25, -0.2) is 8.42 Å². The molecule has 39 heavy (non-hydrogen) atoms. The van der Waals surface area contributed by atoms with Crippen LogP contribution in [0.15, 0.2) is 83.8 Å². The van der Waals surface area contributed by atoms with Crippen LogP contribution in [0.25, 0.3) is 0 Å². The highest BCUT2D eigenvalue weighted by atomic mass is 35.5. The molecular weight excluding hydrogens is 557 g/mol. The first-order valence-corrected chi connectivity index (χ1v) is 15.0. The number of nitrogens with one attached hydrogen (secondary N) is 1. The van der Waals surface area contributed by atoms with E-state index < -0.39 is 28.5 Å². The van der Waals surface area contributed by atoms with Crippen molar-refractivity contribution in [1.82, 2.24) is 10.2 Å². The molecule has 7 nitrogen and oxygen atoms in total. The largest absolute Gasteiger partial charge is 0.354 e. The van der Waals surface area contributed by atoms with E-state index in [-0.39, 0.29) is 17.3 Å². The molecule has 0 radical (unpaired) electrons. The molecule has 0 aliphatic heterocycles. The Balaban J connectivity index is 2.00. The number of sulfonamides is 1. The number of carbonyl (C=O) groups is 2. The van der Waals surface area contributed by atoms with E-state index in [1.54, 1.807) is 54.6 Å². The van der Waals surface area contributed by atoms with E-state index in [2.05, 4.69) is 5.32 Å². The van der Waals surface area contributed by atoms with Gasteiger partial charge in [-0.05, 0) is 66.9 Å². The lowest BCUT2D eigenvalue weighted by molar-refractivity contribution is -0.140. The van der Waals surface area contributed by atoms with Crippen molar-refractivity contribution in [3.8, 4) is 0 Å². The molecule has 0 saturated heterocycles. The summed E-state index contributed by atoms with van der Waals surface area (Å²) in [6.45, 7) is 3.96. The first kappa shape index (κ1) is 30.5. The molecule has 0 aromatic heterocycles.